The number of aryl methyl sites for hydroxylation is 2. The van der Waals surface area contributed by atoms with E-state index in [4.69, 9.17) is 20.2 Å². The number of aromatic amines is 1. The molecule has 0 aliphatic carbocycles. The summed E-state index contributed by atoms with van der Waals surface area (Å²) in [6.45, 7) is 2.97. The largest absolute Gasteiger partial charge is 0.454 e. The lowest BCUT2D eigenvalue weighted by atomic mass is 10.1. The van der Waals surface area contributed by atoms with Gasteiger partial charge in [0.2, 0.25) is 6.79 Å². The number of nitrogens with two attached hydrogens (primary N) is 1. The molecule has 3 N–H and O–H groups in total. The third-order valence-corrected chi connectivity index (χ3v) is 5.07. The van der Waals surface area contributed by atoms with E-state index in [9.17, 15) is 0 Å². The Labute approximate surface area is 150 Å². The van der Waals surface area contributed by atoms with Crippen LogP contribution in [-0.2, 0) is 6.42 Å². The van der Waals surface area contributed by atoms with Crippen molar-refractivity contribution < 1.29 is 9.47 Å². The molecule has 0 fully saturated rings. The first kappa shape index (κ1) is 16.1. The highest BCUT2D eigenvalue weighted by atomic mass is 32.1. The fourth-order valence-corrected chi connectivity index (χ4v) is 3.65. The van der Waals surface area contributed by atoms with Crippen molar-refractivity contribution in [3.8, 4) is 33.5 Å². The fraction of sp³-hybridized carbons (Fsp3) is 0.333. The van der Waals surface area contributed by atoms with Crippen molar-refractivity contribution in [2.45, 2.75) is 26.2 Å². The molecule has 1 aromatic carbocycles. The van der Waals surface area contributed by atoms with E-state index in [1.807, 2.05) is 30.5 Å². The molecule has 0 bridgehead atoms. The number of ether oxygens (including phenoxy) is 2. The van der Waals surface area contributed by atoms with Crippen LogP contribution in [0.1, 0.15) is 24.4 Å². The predicted molar refractivity (Wildman–Crippen MR) is 98.0 cm³/mol. The van der Waals surface area contributed by atoms with Crippen LogP contribution in [-0.4, -0.2) is 28.3 Å². The SMILES string of the molecule is Cc1csc(-c2nc(CCCCN)[nH]c2-c2ccc3c(c2)OCO3)n1. The van der Waals surface area contributed by atoms with E-state index in [1.165, 1.54) is 0 Å². The highest BCUT2D eigenvalue weighted by Gasteiger charge is 2.20. The Bertz CT molecular complexity index is 887. The summed E-state index contributed by atoms with van der Waals surface area (Å²) in [6, 6.07) is 5.95. The molecule has 0 saturated carbocycles. The van der Waals surface area contributed by atoms with Crippen LogP contribution in [0.15, 0.2) is 23.6 Å². The molecule has 7 heteroatoms. The zero-order valence-electron chi connectivity index (χ0n) is 14.0. The Hall–Kier alpha value is -2.38. The summed E-state index contributed by atoms with van der Waals surface area (Å²) in [5, 5.41) is 2.97. The second kappa shape index (κ2) is 6.85. The second-order valence-corrected chi connectivity index (χ2v) is 6.87. The Kier molecular flexibility index (Phi) is 4.42. The van der Waals surface area contributed by atoms with E-state index in [-0.39, 0.29) is 6.79 Å². The third-order valence-electron chi connectivity index (χ3n) is 4.10. The van der Waals surface area contributed by atoms with Gasteiger partial charge in [0.25, 0.3) is 0 Å². The van der Waals surface area contributed by atoms with Gasteiger partial charge in [-0.3, -0.25) is 0 Å². The minimum absolute atomic E-state index is 0.268. The lowest BCUT2D eigenvalue weighted by Gasteiger charge is -2.03. The Morgan fingerprint density at radius 3 is 2.88 bits per heavy atom. The van der Waals surface area contributed by atoms with Crippen LogP contribution in [0.25, 0.3) is 22.0 Å². The molecule has 1 aliphatic heterocycles. The van der Waals surface area contributed by atoms with E-state index in [2.05, 4.69) is 9.97 Å². The summed E-state index contributed by atoms with van der Waals surface area (Å²) in [5.41, 5.74) is 9.48. The minimum Gasteiger partial charge on any atom is -0.454 e. The maximum atomic E-state index is 5.60. The van der Waals surface area contributed by atoms with Gasteiger partial charge in [0.05, 0.1) is 5.69 Å². The smallest absolute Gasteiger partial charge is 0.231 e. The number of benzene rings is 1. The number of aromatic nitrogens is 3. The molecule has 0 radical (unpaired) electrons. The topological polar surface area (TPSA) is 86.0 Å². The quantitative estimate of drug-likeness (QED) is 0.660. The maximum Gasteiger partial charge on any atom is 0.231 e. The number of H-pyrrole nitrogens is 1. The predicted octanol–water partition coefficient (Wildman–Crippen LogP) is 3.52. The number of nitrogens with zero attached hydrogens (tertiary/aromatic N) is 2. The fourth-order valence-electron chi connectivity index (χ4n) is 2.86. The first-order valence-electron chi connectivity index (χ1n) is 8.36. The number of thiazole rings is 1. The van der Waals surface area contributed by atoms with Gasteiger partial charge in [-0.2, -0.15) is 0 Å². The van der Waals surface area contributed by atoms with Crippen LogP contribution in [0, 0.1) is 6.92 Å². The van der Waals surface area contributed by atoms with Crippen LogP contribution in [0.3, 0.4) is 0 Å². The van der Waals surface area contributed by atoms with E-state index >= 15 is 0 Å². The van der Waals surface area contributed by atoms with Gasteiger partial charge in [-0.05, 0) is 44.5 Å². The van der Waals surface area contributed by atoms with Gasteiger partial charge in [-0.1, -0.05) is 0 Å². The summed E-state index contributed by atoms with van der Waals surface area (Å²) < 4.78 is 10.9. The number of unbranched alkanes of at least 4 members (excludes halogenated alkanes) is 1. The van der Waals surface area contributed by atoms with Crippen LogP contribution in [0.4, 0.5) is 0 Å². The average molecular weight is 356 g/mol. The molecular formula is C18H20N4O2S. The Morgan fingerprint density at radius 2 is 2.08 bits per heavy atom. The van der Waals surface area contributed by atoms with E-state index in [1.54, 1.807) is 11.3 Å². The number of imidazole rings is 1. The summed E-state index contributed by atoms with van der Waals surface area (Å²) in [5.74, 6) is 2.50. The molecule has 2 aromatic heterocycles. The molecule has 1 aliphatic rings. The van der Waals surface area contributed by atoms with Gasteiger partial charge in [0.15, 0.2) is 11.5 Å². The van der Waals surface area contributed by atoms with Gasteiger partial charge < -0.3 is 20.2 Å². The average Bonchev–Trinajstić information content (AvgIpc) is 3.33. The lowest BCUT2D eigenvalue weighted by Crippen LogP contribution is -1.99. The summed E-state index contributed by atoms with van der Waals surface area (Å²) in [6.07, 6.45) is 2.88. The van der Waals surface area contributed by atoms with Crippen LogP contribution in [0.5, 0.6) is 11.5 Å². The van der Waals surface area contributed by atoms with Crippen molar-refractivity contribution in [2.24, 2.45) is 5.73 Å². The van der Waals surface area contributed by atoms with Gasteiger partial charge in [0.1, 0.15) is 16.5 Å². The van der Waals surface area contributed by atoms with Crippen LogP contribution in [0.2, 0.25) is 0 Å². The summed E-state index contributed by atoms with van der Waals surface area (Å²) in [4.78, 5) is 12.9. The number of hydrogen-bond acceptors (Lipinski definition) is 6. The van der Waals surface area contributed by atoms with Gasteiger partial charge >= 0.3 is 0 Å². The number of nitrogens with one attached hydrogen (secondary N) is 1. The lowest BCUT2D eigenvalue weighted by molar-refractivity contribution is 0.174. The van der Waals surface area contributed by atoms with Gasteiger partial charge in [-0.25, -0.2) is 9.97 Å². The molecule has 3 aromatic rings. The van der Waals surface area contributed by atoms with Gasteiger partial charge in [-0.15, -0.1) is 11.3 Å². The normalized spacial score (nSPS) is 12.7. The van der Waals surface area contributed by atoms with Crippen molar-refractivity contribution in [1.82, 2.24) is 15.0 Å². The van der Waals surface area contributed by atoms with E-state index in [0.29, 0.717) is 6.54 Å². The molecule has 0 saturated heterocycles. The van der Waals surface area contributed by atoms with E-state index < -0.39 is 0 Å². The zero-order chi connectivity index (χ0) is 17.2. The Morgan fingerprint density at radius 1 is 1.20 bits per heavy atom. The molecule has 25 heavy (non-hydrogen) atoms. The van der Waals surface area contributed by atoms with Crippen molar-refractivity contribution in [1.29, 1.82) is 0 Å². The molecule has 0 amide bonds. The van der Waals surface area contributed by atoms with Gasteiger partial charge in [0, 0.05) is 23.1 Å². The van der Waals surface area contributed by atoms with Crippen molar-refractivity contribution in [2.75, 3.05) is 13.3 Å². The second-order valence-electron chi connectivity index (χ2n) is 6.01. The number of rotatable bonds is 6. The van der Waals surface area contributed by atoms with Crippen molar-refractivity contribution in [3.05, 3.63) is 35.1 Å². The third kappa shape index (κ3) is 3.25. The minimum atomic E-state index is 0.268. The Balaban J connectivity index is 1.74. The monoisotopic (exact) mass is 356 g/mol. The molecule has 3 heterocycles. The maximum absolute atomic E-state index is 5.60. The molecule has 4 rings (SSSR count). The molecule has 130 valence electrons. The first-order chi connectivity index (χ1) is 12.2. The summed E-state index contributed by atoms with van der Waals surface area (Å²) >= 11 is 1.61. The highest BCUT2D eigenvalue weighted by molar-refractivity contribution is 7.13. The van der Waals surface area contributed by atoms with Crippen LogP contribution >= 0.6 is 11.3 Å². The van der Waals surface area contributed by atoms with Crippen molar-refractivity contribution >= 4 is 11.3 Å². The molecule has 6 nitrogen and oxygen atoms in total. The highest BCUT2D eigenvalue weighted by Crippen LogP contribution is 2.38. The standard InChI is InChI=1S/C18H20N4O2S/c1-11-9-25-18(20-11)17-16(21-15(22-17)4-2-3-7-19)12-5-6-13-14(8-12)24-10-23-13/h5-6,8-9H,2-4,7,10,19H2,1H3,(H,21,22). The van der Waals surface area contributed by atoms with Crippen molar-refractivity contribution in [3.63, 3.8) is 0 Å². The molecular weight excluding hydrogens is 336 g/mol. The molecule has 0 spiro atoms. The number of hydrogen-bond donors (Lipinski definition) is 2. The number of fused-ring (bicyclic) bond motifs is 1. The summed E-state index contributed by atoms with van der Waals surface area (Å²) in [7, 11) is 0. The molecule has 0 atom stereocenters. The molecule has 0 unspecified atom stereocenters. The zero-order valence-corrected chi connectivity index (χ0v) is 14.9. The first-order valence-corrected chi connectivity index (χ1v) is 9.24. The van der Waals surface area contributed by atoms with Crippen LogP contribution < -0.4 is 15.2 Å². The van der Waals surface area contributed by atoms with E-state index in [0.717, 1.165) is 64.2 Å².